The molecule has 3 N–H and O–H groups in total. The highest BCUT2D eigenvalue weighted by atomic mass is 32.2. The van der Waals surface area contributed by atoms with E-state index in [9.17, 15) is 9.59 Å². The number of fused-ring (bicyclic) bond motifs is 1. The van der Waals surface area contributed by atoms with Crippen molar-refractivity contribution in [2.45, 2.75) is 24.5 Å². The topological polar surface area (TPSA) is 131 Å². The molecule has 1 aliphatic rings. The Balaban J connectivity index is 1.68. The molecular formula is C21H23N5O5S2. The van der Waals surface area contributed by atoms with Crippen molar-refractivity contribution in [2.24, 2.45) is 0 Å². The quantitative estimate of drug-likeness (QED) is 0.378. The lowest BCUT2D eigenvalue weighted by atomic mass is 10.0. The number of carbonyl (C=O) groups is 2. The largest absolute Gasteiger partial charge is 0.486 e. The van der Waals surface area contributed by atoms with Crippen LogP contribution in [0.4, 0.5) is 10.9 Å². The van der Waals surface area contributed by atoms with Crippen LogP contribution in [-0.2, 0) is 9.53 Å². The third-order valence-electron chi connectivity index (χ3n) is 5.14. The molecule has 0 saturated carbocycles. The maximum absolute atomic E-state index is 13.2. The van der Waals surface area contributed by atoms with Crippen LogP contribution in [0.2, 0.25) is 0 Å². The standard InChI is InChI=1S/C21H23N5O5S2/c1-4-13(26-20(22)24-25-21(26)32-3)17(27)23-18-16(19(28)29-2)12(10-33-18)11-5-6-14-15(9-11)31-8-7-30-14/h5-6,9-10,13H,4,7-8H2,1-3H3,(H2,22,24)(H,23,27). The lowest BCUT2D eigenvalue weighted by molar-refractivity contribution is -0.119. The predicted octanol–water partition coefficient (Wildman–Crippen LogP) is 3.46. The number of benzene rings is 1. The fourth-order valence-electron chi connectivity index (χ4n) is 3.58. The van der Waals surface area contributed by atoms with E-state index in [1.165, 1.54) is 30.2 Å². The Morgan fingerprint density at radius 2 is 2.06 bits per heavy atom. The van der Waals surface area contributed by atoms with E-state index in [0.717, 1.165) is 5.56 Å². The molecule has 1 atom stereocenters. The molecule has 33 heavy (non-hydrogen) atoms. The second kappa shape index (κ2) is 9.71. The van der Waals surface area contributed by atoms with Gasteiger partial charge in [-0.05, 0) is 30.4 Å². The van der Waals surface area contributed by atoms with Crippen LogP contribution in [-0.4, -0.2) is 53.2 Å². The molecule has 0 bridgehead atoms. The molecule has 3 aromatic rings. The summed E-state index contributed by atoms with van der Waals surface area (Å²) in [5.41, 5.74) is 7.60. The number of thioether (sulfide) groups is 1. The molecule has 0 radical (unpaired) electrons. The van der Waals surface area contributed by atoms with E-state index in [4.69, 9.17) is 19.9 Å². The van der Waals surface area contributed by atoms with Gasteiger partial charge in [0.05, 0.1) is 7.11 Å². The van der Waals surface area contributed by atoms with Gasteiger partial charge in [0.1, 0.15) is 29.8 Å². The summed E-state index contributed by atoms with van der Waals surface area (Å²) in [6.45, 7) is 2.81. The van der Waals surface area contributed by atoms with E-state index in [1.54, 1.807) is 16.0 Å². The highest BCUT2D eigenvalue weighted by Crippen LogP contribution is 2.40. The molecule has 0 fully saturated rings. The van der Waals surface area contributed by atoms with E-state index in [1.807, 2.05) is 25.3 Å². The van der Waals surface area contributed by atoms with Gasteiger partial charge in [-0.15, -0.1) is 21.5 Å². The zero-order valence-corrected chi connectivity index (χ0v) is 19.9. The number of methoxy groups -OCH3 is 1. The molecule has 0 saturated heterocycles. The number of ether oxygens (including phenoxy) is 3. The van der Waals surface area contributed by atoms with Crippen LogP contribution in [0.5, 0.6) is 11.5 Å². The summed E-state index contributed by atoms with van der Waals surface area (Å²) in [5.74, 6) is 0.510. The average Bonchev–Trinajstić information content (AvgIpc) is 3.42. The molecule has 2 aromatic heterocycles. The van der Waals surface area contributed by atoms with Crippen LogP contribution in [0.15, 0.2) is 28.7 Å². The second-order valence-corrected chi connectivity index (χ2v) is 8.68. The summed E-state index contributed by atoms with van der Waals surface area (Å²) in [6.07, 6.45) is 2.29. The number of aromatic nitrogens is 3. The first kappa shape index (κ1) is 22.9. The van der Waals surface area contributed by atoms with Gasteiger partial charge in [-0.1, -0.05) is 24.8 Å². The maximum Gasteiger partial charge on any atom is 0.341 e. The van der Waals surface area contributed by atoms with Crippen LogP contribution in [0.3, 0.4) is 0 Å². The van der Waals surface area contributed by atoms with Gasteiger partial charge < -0.3 is 25.3 Å². The lowest BCUT2D eigenvalue weighted by Crippen LogP contribution is -2.27. The van der Waals surface area contributed by atoms with E-state index < -0.39 is 12.0 Å². The Kier molecular flexibility index (Phi) is 6.75. The SMILES string of the molecule is CCC(C(=O)Nc1scc(-c2ccc3c(c2)OCCO3)c1C(=O)OC)n1c(N)nnc1SC. The van der Waals surface area contributed by atoms with E-state index >= 15 is 0 Å². The van der Waals surface area contributed by atoms with E-state index in [2.05, 4.69) is 15.5 Å². The van der Waals surface area contributed by atoms with Crippen molar-refractivity contribution in [3.05, 3.63) is 29.1 Å². The fraction of sp³-hybridized carbons (Fsp3) is 0.333. The van der Waals surface area contributed by atoms with E-state index in [0.29, 0.717) is 46.9 Å². The summed E-state index contributed by atoms with van der Waals surface area (Å²) < 4.78 is 17.9. The predicted molar refractivity (Wildman–Crippen MR) is 126 cm³/mol. The van der Waals surface area contributed by atoms with Crippen molar-refractivity contribution >= 4 is 45.9 Å². The molecule has 0 aliphatic carbocycles. The molecule has 0 spiro atoms. The number of rotatable bonds is 7. The van der Waals surface area contributed by atoms with Crippen molar-refractivity contribution in [1.82, 2.24) is 14.8 Å². The highest BCUT2D eigenvalue weighted by Gasteiger charge is 2.28. The molecule has 1 unspecified atom stereocenters. The van der Waals surface area contributed by atoms with E-state index in [-0.39, 0.29) is 17.4 Å². The Morgan fingerprint density at radius 3 is 2.76 bits per heavy atom. The summed E-state index contributed by atoms with van der Waals surface area (Å²) in [6, 6.07) is 4.80. The van der Waals surface area contributed by atoms with Gasteiger partial charge in [-0.25, -0.2) is 4.79 Å². The monoisotopic (exact) mass is 489 g/mol. The minimum absolute atomic E-state index is 0.151. The number of carbonyl (C=O) groups excluding carboxylic acids is 2. The Labute approximate surface area is 198 Å². The van der Waals surface area contributed by atoms with Crippen molar-refractivity contribution in [2.75, 3.05) is 37.6 Å². The third-order valence-corrected chi connectivity index (χ3v) is 6.68. The second-order valence-electron chi connectivity index (χ2n) is 7.03. The van der Waals surface area contributed by atoms with Crippen molar-refractivity contribution in [3.63, 3.8) is 0 Å². The minimum Gasteiger partial charge on any atom is -0.486 e. The first-order valence-electron chi connectivity index (χ1n) is 10.1. The molecule has 4 rings (SSSR count). The van der Waals surface area contributed by atoms with Gasteiger partial charge >= 0.3 is 5.97 Å². The third kappa shape index (κ3) is 4.35. The number of nitrogen functional groups attached to an aromatic ring is 1. The van der Waals surface area contributed by atoms with Gasteiger partial charge in [0.15, 0.2) is 16.7 Å². The number of hydrogen-bond acceptors (Lipinski definition) is 10. The molecular weight excluding hydrogens is 466 g/mol. The first-order chi connectivity index (χ1) is 16.0. The highest BCUT2D eigenvalue weighted by molar-refractivity contribution is 7.98. The summed E-state index contributed by atoms with van der Waals surface area (Å²) in [7, 11) is 1.30. The van der Waals surface area contributed by atoms with Crippen molar-refractivity contribution < 1.29 is 23.8 Å². The number of anilines is 2. The Hall–Kier alpha value is -3.25. The number of esters is 1. The van der Waals surface area contributed by atoms with Gasteiger partial charge in [0.2, 0.25) is 11.9 Å². The van der Waals surface area contributed by atoms with Crippen LogP contribution in [0.25, 0.3) is 11.1 Å². The average molecular weight is 490 g/mol. The Morgan fingerprint density at radius 1 is 1.30 bits per heavy atom. The zero-order chi connectivity index (χ0) is 23.5. The number of nitrogens with zero attached hydrogens (tertiary/aromatic N) is 3. The van der Waals surface area contributed by atoms with Crippen LogP contribution in [0.1, 0.15) is 29.7 Å². The van der Waals surface area contributed by atoms with Crippen molar-refractivity contribution in [1.29, 1.82) is 0 Å². The molecule has 174 valence electrons. The normalized spacial score (nSPS) is 13.4. The van der Waals surface area contributed by atoms with Crippen LogP contribution >= 0.6 is 23.1 Å². The lowest BCUT2D eigenvalue weighted by Gasteiger charge is -2.19. The van der Waals surface area contributed by atoms with Gasteiger partial charge in [-0.2, -0.15) is 0 Å². The number of nitrogens with one attached hydrogen (secondary N) is 1. The van der Waals surface area contributed by atoms with Gasteiger partial charge in [-0.3, -0.25) is 9.36 Å². The van der Waals surface area contributed by atoms with Crippen molar-refractivity contribution in [3.8, 4) is 22.6 Å². The fourth-order valence-corrected chi connectivity index (χ4v) is 5.08. The molecule has 3 heterocycles. The molecule has 1 aromatic carbocycles. The minimum atomic E-state index is -0.646. The van der Waals surface area contributed by atoms with Crippen LogP contribution < -0.4 is 20.5 Å². The Bertz CT molecular complexity index is 1190. The summed E-state index contributed by atoms with van der Waals surface area (Å²) >= 11 is 2.58. The van der Waals surface area contributed by atoms with Crippen LogP contribution in [0, 0.1) is 0 Å². The molecule has 12 heteroatoms. The molecule has 1 aliphatic heterocycles. The smallest absolute Gasteiger partial charge is 0.341 e. The van der Waals surface area contributed by atoms with Gasteiger partial charge in [0.25, 0.3) is 0 Å². The summed E-state index contributed by atoms with van der Waals surface area (Å²) in [4.78, 5) is 25.9. The molecule has 10 nitrogen and oxygen atoms in total. The number of amides is 1. The molecule has 1 amide bonds. The van der Waals surface area contributed by atoms with Gasteiger partial charge in [0, 0.05) is 10.9 Å². The number of hydrogen-bond donors (Lipinski definition) is 2. The summed E-state index contributed by atoms with van der Waals surface area (Å²) in [5, 5.41) is 13.5. The maximum atomic E-state index is 13.2. The number of nitrogens with two attached hydrogens (primary N) is 1. The first-order valence-corrected chi connectivity index (χ1v) is 12.2. The zero-order valence-electron chi connectivity index (χ0n) is 18.3. The number of thiophene rings is 1.